The van der Waals surface area contributed by atoms with Crippen molar-refractivity contribution in [3.8, 4) is 0 Å². The van der Waals surface area contributed by atoms with E-state index >= 15 is 0 Å². The molecule has 0 aliphatic heterocycles. The van der Waals surface area contributed by atoms with Crippen LogP contribution in [0.15, 0.2) is 0 Å². The molecule has 0 bridgehead atoms. The minimum Gasteiger partial charge on any atom is -0.243 e. The Morgan fingerprint density at radius 2 is 1.88 bits per heavy atom. The molecule has 0 saturated carbocycles. The van der Waals surface area contributed by atoms with Crippen LogP contribution in [0.2, 0.25) is 0 Å². The van der Waals surface area contributed by atoms with Gasteiger partial charge in [0.2, 0.25) is 0 Å². The second kappa shape index (κ2) is 4.78. The molecule has 0 aliphatic rings. The average Bonchev–Trinajstić information content (AvgIpc) is 1.69. The van der Waals surface area contributed by atoms with Gasteiger partial charge in [0.15, 0.2) is 4.32 Å². The van der Waals surface area contributed by atoms with Gasteiger partial charge in [-0.05, 0) is 23.9 Å². The maximum Gasteiger partial charge on any atom is 0.153 e. The van der Waals surface area contributed by atoms with Gasteiger partial charge in [-0.25, -0.2) is 3.71 Å². The standard InChI is InChI=1S/C3H7NS4/c1-7-4(8-2)3(5)6/h1-2H3,(H,5,6). The Bertz CT molecular complexity index is 79.4. The molecule has 48 valence electrons. The first-order valence-corrected chi connectivity index (χ1v) is 5.05. The largest absolute Gasteiger partial charge is 0.243 e. The van der Waals surface area contributed by atoms with Gasteiger partial charge in [0.1, 0.15) is 0 Å². The minimum absolute atomic E-state index is 0.616. The van der Waals surface area contributed by atoms with Gasteiger partial charge < -0.3 is 0 Å². The smallest absolute Gasteiger partial charge is 0.153 e. The molecule has 0 saturated heterocycles. The van der Waals surface area contributed by atoms with Gasteiger partial charge in [-0.2, -0.15) is 0 Å². The van der Waals surface area contributed by atoms with Gasteiger partial charge in [-0.1, -0.05) is 12.2 Å². The lowest BCUT2D eigenvalue weighted by atomic mass is 11.5. The van der Waals surface area contributed by atoms with Crippen molar-refractivity contribution < 1.29 is 0 Å². The number of nitrogens with zero attached hydrogens (tertiary/aromatic N) is 1. The zero-order valence-electron chi connectivity index (χ0n) is 4.62. The molecular formula is C3H7NS4. The van der Waals surface area contributed by atoms with Gasteiger partial charge in [0.25, 0.3) is 0 Å². The fraction of sp³-hybridized carbons (Fsp3) is 0.667. The number of thiol groups is 1. The Kier molecular flexibility index (Phi) is 5.35. The fourth-order valence-electron chi connectivity index (χ4n) is 0.231. The summed E-state index contributed by atoms with van der Waals surface area (Å²) in [6.45, 7) is 0. The summed E-state index contributed by atoms with van der Waals surface area (Å²) in [6, 6.07) is 0. The lowest BCUT2D eigenvalue weighted by Crippen LogP contribution is -2.06. The molecule has 8 heavy (non-hydrogen) atoms. The number of rotatable bonds is 2. The maximum absolute atomic E-state index is 4.76. The number of hydrogen-bond donors (Lipinski definition) is 1. The molecule has 5 heteroatoms. The van der Waals surface area contributed by atoms with Gasteiger partial charge >= 0.3 is 0 Å². The van der Waals surface area contributed by atoms with Crippen LogP contribution in [0.5, 0.6) is 0 Å². The van der Waals surface area contributed by atoms with Crippen molar-refractivity contribution in [1.29, 1.82) is 0 Å². The Morgan fingerprint density at radius 3 is 1.88 bits per heavy atom. The van der Waals surface area contributed by atoms with E-state index in [1.54, 1.807) is 23.9 Å². The van der Waals surface area contributed by atoms with E-state index in [-0.39, 0.29) is 0 Å². The second-order valence-corrected chi connectivity index (χ2v) is 3.71. The Labute approximate surface area is 69.3 Å². The maximum atomic E-state index is 4.76. The van der Waals surface area contributed by atoms with Crippen molar-refractivity contribution in [1.82, 2.24) is 3.71 Å². The first-order valence-electron chi connectivity index (χ1n) is 1.83. The SMILES string of the molecule is CSN(SC)C(=S)S. The zero-order chi connectivity index (χ0) is 6.57. The Balaban J connectivity index is 3.52. The summed E-state index contributed by atoms with van der Waals surface area (Å²) >= 11 is 11.8. The van der Waals surface area contributed by atoms with E-state index in [2.05, 4.69) is 12.6 Å². The molecule has 0 N–H and O–H groups in total. The number of thiocarbonyl (C=S) groups is 1. The van der Waals surface area contributed by atoms with E-state index in [4.69, 9.17) is 12.2 Å². The summed E-state index contributed by atoms with van der Waals surface area (Å²) in [5, 5.41) is 0. The Morgan fingerprint density at radius 1 is 1.50 bits per heavy atom. The number of hydrogen-bond acceptors (Lipinski definition) is 3. The van der Waals surface area contributed by atoms with Crippen molar-refractivity contribution in [3.63, 3.8) is 0 Å². The lowest BCUT2D eigenvalue weighted by Gasteiger charge is -2.13. The Hall–Kier alpha value is 0.940. The molecule has 0 aromatic carbocycles. The van der Waals surface area contributed by atoms with E-state index in [1.807, 2.05) is 16.2 Å². The van der Waals surface area contributed by atoms with Crippen LogP contribution >= 0.6 is 48.7 Å². The molecule has 0 fully saturated rings. The second-order valence-electron chi connectivity index (χ2n) is 0.905. The van der Waals surface area contributed by atoms with Crippen LogP contribution in [0.4, 0.5) is 0 Å². The van der Waals surface area contributed by atoms with Crippen molar-refractivity contribution >= 4 is 53.1 Å². The highest BCUT2D eigenvalue weighted by Crippen LogP contribution is 2.18. The molecule has 0 aliphatic carbocycles. The summed E-state index contributed by atoms with van der Waals surface area (Å²) in [7, 11) is 0. The first kappa shape index (κ1) is 8.94. The van der Waals surface area contributed by atoms with E-state index in [0.717, 1.165) is 0 Å². The molecule has 0 spiro atoms. The topological polar surface area (TPSA) is 3.24 Å². The third kappa shape index (κ3) is 3.06. The van der Waals surface area contributed by atoms with E-state index < -0.39 is 0 Å². The summed E-state index contributed by atoms with van der Waals surface area (Å²) in [5.74, 6) is 0. The average molecular weight is 185 g/mol. The molecule has 0 radical (unpaired) electrons. The normalized spacial score (nSPS) is 8.88. The van der Waals surface area contributed by atoms with Gasteiger partial charge in [-0.15, -0.1) is 12.6 Å². The minimum atomic E-state index is 0.616. The molecule has 1 nitrogen and oxygen atoms in total. The van der Waals surface area contributed by atoms with Gasteiger partial charge in [0.05, 0.1) is 0 Å². The summed E-state index contributed by atoms with van der Waals surface area (Å²) in [5.41, 5.74) is 0. The van der Waals surface area contributed by atoms with Gasteiger partial charge in [-0.3, -0.25) is 0 Å². The highest BCUT2D eigenvalue weighted by molar-refractivity contribution is 8.19. The van der Waals surface area contributed by atoms with Crippen LogP contribution in [0.3, 0.4) is 0 Å². The van der Waals surface area contributed by atoms with Crippen LogP contribution in [-0.2, 0) is 0 Å². The van der Waals surface area contributed by atoms with Crippen LogP contribution in [0.25, 0.3) is 0 Å². The predicted molar refractivity (Wildman–Crippen MR) is 50.5 cm³/mol. The van der Waals surface area contributed by atoms with Crippen LogP contribution in [-0.4, -0.2) is 20.5 Å². The first-order chi connectivity index (χ1) is 3.72. The molecule has 0 amide bonds. The lowest BCUT2D eigenvalue weighted by molar-refractivity contribution is 1.21. The molecule has 0 unspecified atom stereocenters. The van der Waals surface area contributed by atoms with Crippen molar-refractivity contribution in [3.05, 3.63) is 0 Å². The fourth-order valence-corrected chi connectivity index (χ4v) is 2.08. The summed E-state index contributed by atoms with van der Waals surface area (Å²) in [4.78, 5) is 0. The monoisotopic (exact) mass is 185 g/mol. The van der Waals surface area contributed by atoms with E-state index in [1.165, 1.54) is 0 Å². The van der Waals surface area contributed by atoms with Crippen LogP contribution in [0, 0.1) is 0 Å². The van der Waals surface area contributed by atoms with Crippen molar-refractivity contribution in [2.75, 3.05) is 12.5 Å². The van der Waals surface area contributed by atoms with Crippen LogP contribution in [0.1, 0.15) is 0 Å². The van der Waals surface area contributed by atoms with Crippen LogP contribution < -0.4 is 0 Å². The predicted octanol–water partition coefficient (Wildman–Crippen LogP) is 2.06. The van der Waals surface area contributed by atoms with E-state index in [9.17, 15) is 0 Å². The quantitative estimate of drug-likeness (QED) is 0.398. The highest BCUT2D eigenvalue weighted by atomic mass is 32.2. The van der Waals surface area contributed by atoms with Gasteiger partial charge in [0, 0.05) is 12.5 Å². The molecule has 0 rings (SSSR count). The van der Waals surface area contributed by atoms with Crippen molar-refractivity contribution in [2.24, 2.45) is 0 Å². The third-order valence-corrected chi connectivity index (χ3v) is 3.30. The molecule has 0 heterocycles. The molecule has 0 atom stereocenters. The molecule has 0 aromatic rings. The summed E-state index contributed by atoms with van der Waals surface area (Å²) < 4.78 is 2.46. The van der Waals surface area contributed by atoms with E-state index in [0.29, 0.717) is 4.32 Å². The van der Waals surface area contributed by atoms with Crippen molar-refractivity contribution in [2.45, 2.75) is 0 Å². The highest BCUT2D eigenvalue weighted by Gasteiger charge is 1.99. The third-order valence-electron chi connectivity index (χ3n) is 0.488. The molecular weight excluding hydrogens is 178 g/mol. The zero-order valence-corrected chi connectivity index (χ0v) is 7.96. The summed E-state index contributed by atoms with van der Waals surface area (Å²) in [6.07, 6.45) is 3.91. The molecule has 0 aromatic heterocycles.